The summed E-state index contributed by atoms with van der Waals surface area (Å²) in [5.41, 5.74) is 2.37. The van der Waals surface area contributed by atoms with E-state index in [4.69, 9.17) is 4.74 Å². The molecule has 1 aliphatic rings. The van der Waals surface area contributed by atoms with Crippen molar-refractivity contribution in [2.24, 2.45) is 5.92 Å². The maximum absolute atomic E-state index is 11.9. The lowest BCUT2D eigenvalue weighted by Crippen LogP contribution is -2.36. The Morgan fingerprint density at radius 1 is 1.30 bits per heavy atom. The summed E-state index contributed by atoms with van der Waals surface area (Å²) in [4.78, 5) is 0. The Morgan fingerprint density at radius 3 is 2.75 bits per heavy atom. The van der Waals surface area contributed by atoms with Crippen molar-refractivity contribution in [3.63, 3.8) is 0 Å². The topological polar surface area (TPSA) is 55.4 Å². The van der Waals surface area contributed by atoms with Crippen LogP contribution in [0.1, 0.15) is 31.9 Å². The Hall–Kier alpha value is -1.07. The molecule has 1 unspecified atom stereocenters. The maximum Gasteiger partial charge on any atom is 0.212 e. The average Bonchev–Trinajstić information content (AvgIpc) is 2.72. The first-order valence-corrected chi connectivity index (χ1v) is 8.75. The van der Waals surface area contributed by atoms with Crippen molar-refractivity contribution in [1.29, 1.82) is 0 Å². The SMILES string of the molecule is CC(C)CS(=O)(=O)NC(C)Cc1ccc2c(c1)CCO2. The summed E-state index contributed by atoms with van der Waals surface area (Å²) in [7, 11) is -3.19. The van der Waals surface area contributed by atoms with Crippen LogP contribution in [0.2, 0.25) is 0 Å². The minimum atomic E-state index is -3.19. The lowest BCUT2D eigenvalue weighted by atomic mass is 10.0. The molecule has 112 valence electrons. The Morgan fingerprint density at radius 2 is 2.05 bits per heavy atom. The highest BCUT2D eigenvalue weighted by Crippen LogP contribution is 2.26. The van der Waals surface area contributed by atoms with Gasteiger partial charge in [0, 0.05) is 12.5 Å². The van der Waals surface area contributed by atoms with Crippen molar-refractivity contribution in [3.05, 3.63) is 29.3 Å². The average molecular weight is 297 g/mol. The molecule has 0 bridgehead atoms. The Labute approximate surface area is 121 Å². The first-order chi connectivity index (χ1) is 9.35. The van der Waals surface area contributed by atoms with Crippen molar-refractivity contribution >= 4 is 10.0 Å². The Kier molecular flexibility index (Phi) is 4.70. The monoisotopic (exact) mass is 297 g/mol. The number of ether oxygens (including phenoxy) is 1. The van der Waals surface area contributed by atoms with Gasteiger partial charge in [-0.1, -0.05) is 26.0 Å². The third-order valence-corrected chi connectivity index (χ3v) is 5.10. The van der Waals surface area contributed by atoms with Crippen LogP contribution in [0.25, 0.3) is 0 Å². The molecule has 1 heterocycles. The summed E-state index contributed by atoms with van der Waals surface area (Å²) in [6.07, 6.45) is 1.64. The third kappa shape index (κ3) is 4.21. The molecule has 0 radical (unpaired) electrons. The molecule has 1 aromatic rings. The van der Waals surface area contributed by atoms with Gasteiger partial charge in [0.2, 0.25) is 10.0 Å². The van der Waals surface area contributed by atoms with E-state index in [2.05, 4.69) is 10.8 Å². The van der Waals surface area contributed by atoms with Crippen LogP contribution < -0.4 is 9.46 Å². The van der Waals surface area contributed by atoms with Gasteiger partial charge in [-0.2, -0.15) is 0 Å². The molecular weight excluding hydrogens is 274 g/mol. The molecule has 4 nitrogen and oxygen atoms in total. The molecule has 0 aromatic heterocycles. The second-order valence-corrected chi connectivity index (χ2v) is 7.74. The molecule has 0 saturated carbocycles. The summed E-state index contributed by atoms with van der Waals surface area (Å²) in [6, 6.07) is 6.01. The second kappa shape index (κ2) is 6.14. The van der Waals surface area contributed by atoms with Crippen molar-refractivity contribution in [1.82, 2.24) is 4.72 Å². The van der Waals surface area contributed by atoms with Crippen LogP contribution in [0.5, 0.6) is 5.75 Å². The van der Waals surface area contributed by atoms with Gasteiger partial charge in [-0.05, 0) is 36.5 Å². The van der Waals surface area contributed by atoms with Crippen molar-refractivity contribution < 1.29 is 13.2 Å². The normalized spacial score (nSPS) is 16.0. The highest BCUT2D eigenvalue weighted by molar-refractivity contribution is 7.89. The Bertz CT molecular complexity index is 566. The molecule has 1 atom stereocenters. The van der Waals surface area contributed by atoms with Gasteiger partial charge in [0.1, 0.15) is 5.75 Å². The number of rotatable bonds is 6. The van der Waals surface area contributed by atoms with E-state index in [-0.39, 0.29) is 17.7 Å². The van der Waals surface area contributed by atoms with Gasteiger partial charge < -0.3 is 4.74 Å². The molecule has 0 aliphatic carbocycles. The minimum Gasteiger partial charge on any atom is -0.493 e. The van der Waals surface area contributed by atoms with Crippen LogP contribution in [-0.2, 0) is 22.9 Å². The van der Waals surface area contributed by atoms with Gasteiger partial charge in [0.15, 0.2) is 0 Å². The number of sulfonamides is 1. The van der Waals surface area contributed by atoms with E-state index in [0.717, 1.165) is 24.3 Å². The third-order valence-electron chi connectivity index (χ3n) is 3.23. The van der Waals surface area contributed by atoms with Crippen LogP contribution >= 0.6 is 0 Å². The Balaban J connectivity index is 1.96. The van der Waals surface area contributed by atoms with E-state index in [1.165, 1.54) is 5.56 Å². The fourth-order valence-electron chi connectivity index (χ4n) is 2.56. The van der Waals surface area contributed by atoms with Gasteiger partial charge >= 0.3 is 0 Å². The molecule has 2 rings (SSSR count). The van der Waals surface area contributed by atoms with Gasteiger partial charge in [-0.25, -0.2) is 13.1 Å². The molecule has 1 aliphatic heterocycles. The van der Waals surface area contributed by atoms with Crippen LogP contribution in [0.15, 0.2) is 18.2 Å². The van der Waals surface area contributed by atoms with Gasteiger partial charge in [-0.3, -0.25) is 0 Å². The van der Waals surface area contributed by atoms with E-state index in [1.807, 2.05) is 32.9 Å². The number of benzene rings is 1. The molecule has 0 amide bonds. The van der Waals surface area contributed by atoms with E-state index >= 15 is 0 Å². The summed E-state index contributed by atoms with van der Waals surface area (Å²) in [5, 5.41) is 0. The van der Waals surface area contributed by atoms with E-state index in [9.17, 15) is 8.42 Å². The quantitative estimate of drug-likeness (QED) is 0.875. The summed E-state index contributed by atoms with van der Waals surface area (Å²) in [5.74, 6) is 1.27. The van der Waals surface area contributed by atoms with E-state index in [0.29, 0.717) is 6.42 Å². The molecule has 1 N–H and O–H groups in total. The fourth-order valence-corrected chi connectivity index (χ4v) is 4.23. The number of fused-ring (bicyclic) bond motifs is 1. The number of hydrogen-bond acceptors (Lipinski definition) is 3. The molecule has 20 heavy (non-hydrogen) atoms. The van der Waals surface area contributed by atoms with Crippen LogP contribution in [-0.4, -0.2) is 26.8 Å². The molecule has 1 aromatic carbocycles. The zero-order valence-electron chi connectivity index (χ0n) is 12.3. The predicted molar refractivity (Wildman–Crippen MR) is 80.6 cm³/mol. The van der Waals surface area contributed by atoms with Crippen LogP contribution in [0.3, 0.4) is 0 Å². The summed E-state index contributed by atoms with van der Waals surface area (Å²) < 4.78 is 32.0. The highest BCUT2D eigenvalue weighted by Gasteiger charge is 2.17. The van der Waals surface area contributed by atoms with Gasteiger partial charge in [0.25, 0.3) is 0 Å². The zero-order valence-corrected chi connectivity index (χ0v) is 13.2. The van der Waals surface area contributed by atoms with Gasteiger partial charge in [-0.15, -0.1) is 0 Å². The zero-order chi connectivity index (χ0) is 14.8. The summed E-state index contributed by atoms with van der Waals surface area (Å²) in [6.45, 7) is 6.46. The first kappa shape index (κ1) is 15.3. The molecule has 0 spiro atoms. The van der Waals surface area contributed by atoms with E-state index in [1.54, 1.807) is 0 Å². The maximum atomic E-state index is 11.9. The molecule has 0 fully saturated rings. The van der Waals surface area contributed by atoms with Crippen LogP contribution in [0.4, 0.5) is 0 Å². The highest BCUT2D eigenvalue weighted by atomic mass is 32.2. The molecule has 0 saturated heterocycles. The van der Waals surface area contributed by atoms with Crippen molar-refractivity contribution in [3.8, 4) is 5.75 Å². The smallest absolute Gasteiger partial charge is 0.212 e. The van der Waals surface area contributed by atoms with Crippen molar-refractivity contribution in [2.75, 3.05) is 12.4 Å². The van der Waals surface area contributed by atoms with Crippen molar-refractivity contribution in [2.45, 2.75) is 39.7 Å². The lowest BCUT2D eigenvalue weighted by molar-refractivity contribution is 0.357. The second-order valence-electron chi connectivity index (χ2n) is 5.94. The largest absolute Gasteiger partial charge is 0.493 e. The predicted octanol–water partition coefficient (Wildman–Crippen LogP) is 2.13. The lowest BCUT2D eigenvalue weighted by Gasteiger charge is -2.15. The van der Waals surface area contributed by atoms with Gasteiger partial charge in [0.05, 0.1) is 12.4 Å². The van der Waals surface area contributed by atoms with Crippen LogP contribution in [0, 0.1) is 5.92 Å². The molecule has 5 heteroatoms. The minimum absolute atomic E-state index is 0.0980. The molecular formula is C15H23NO3S. The van der Waals surface area contributed by atoms with E-state index < -0.39 is 10.0 Å². The fraction of sp³-hybridized carbons (Fsp3) is 0.600. The standard InChI is InChI=1S/C15H23NO3S/c1-11(2)10-20(17,18)16-12(3)8-13-4-5-15-14(9-13)6-7-19-15/h4-5,9,11-12,16H,6-8,10H2,1-3H3. The first-order valence-electron chi connectivity index (χ1n) is 7.10. The summed E-state index contributed by atoms with van der Waals surface area (Å²) >= 11 is 0. The number of nitrogens with one attached hydrogen (secondary N) is 1. The number of hydrogen-bond donors (Lipinski definition) is 1.